The number of nitrogens with two attached hydrogens (primary N) is 2. The van der Waals surface area contributed by atoms with Gasteiger partial charge in [-0.25, -0.2) is 0 Å². The maximum absolute atomic E-state index is 12.4. The number of rotatable bonds is 5. The van der Waals surface area contributed by atoms with Crippen molar-refractivity contribution in [3.8, 4) is 0 Å². The van der Waals surface area contributed by atoms with E-state index in [9.17, 15) is 9.59 Å². The Labute approximate surface area is 132 Å². The van der Waals surface area contributed by atoms with Gasteiger partial charge in [-0.05, 0) is 12.1 Å². The molecule has 118 valence electrons. The predicted octanol–water partition coefficient (Wildman–Crippen LogP) is 2.86. The molecule has 22 heavy (non-hydrogen) atoms. The Bertz CT molecular complexity index is 696. The maximum atomic E-state index is 12.4. The van der Waals surface area contributed by atoms with Gasteiger partial charge in [0, 0.05) is 5.41 Å². The highest BCUT2D eigenvalue weighted by molar-refractivity contribution is 7.19. The number of nitrogen functional groups attached to an aromatic ring is 1. The summed E-state index contributed by atoms with van der Waals surface area (Å²) in [4.78, 5) is 24.5. The Morgan fingerprint density at radius 1 is 1.36 bits per heavy atom. The summed E-state index contributed by atoms with van der Waals surface area (Å²) >= 11 is 1.14. The van der Waals surface area contributed by atoms with Crippen molar-refractivity contribution >= 4 is 33.7 Å². The van der Waals surface area contributed by atoms with Crippen molar-refractivity contribution in [3.63, 3.8) is 0 Å². The zero-order valence-electron chi connectivity index (χ0n) is 12.7. The van der Waals surface area contributed by atoms with Crippen molar-refractivity contribution in [1.82, 2.24) is 0 Å². The maximum Gasteiger partial charge on any atom is 0.253 e. The SMILES string of the molecule is CC(C)(C)C(=O)c1sc(NCc2ccco2)c(C(N)=O)c1N. The lowest BCUT2D eigenvalue weighted by atomic mass is 9.89. The first kappa shape index (κ1) is 16.1. The lowest BCUT2D eigenvalue weighted by molar-refractivity contribution is 0.0863. The second-order valence-electron chi connectivity index (χ2n) is 5.93. The minimum Gasteiger partial charge on any atom is -0.467 e. The molecule has 7 heteroatoms. The van der Waals surface area contributed by atoms with E-state index in [0.717, 1.165) is 11.3 Å². The first-order chi connectivity index (χ1) is 10.2. The van der Waals surface area contributed by atoms with Crippen LogP contribution in [0.4, 0.5) is 10.7 Å². The molecule has 2 rings (SSSR count). The van der Waals surface area contributed by atoms with Crippen LogP contribution in [0.5, 0.6) is 0 Å². The smallest absolute Gasteiger partial charge is 0.253 e. The molecule has 1 amide bonds. The molecule has 2 aromatic heterocycles. The van der Waals surface area contributed by atoms with Gasteiger partial charge in [-0.1, -0.05) is 20.8 Å². The molecule has 0 bridgehead atoms. The molecule has 0 unspecified atom stereocenters. The molecule has 0 atom stereocenters. The number of ketones is 1. The molecule has 0 aliphatic heterocycles. The van der Waals surface area contributed by atoms with Gasteiger partial charge in [-0.2, -0.15) is 0 Å². The number of primary amides is 1. The van der Waals surface area contributed by atoms with Gasteiger partial charge < -0.3 is 21.2 Å². The minimum atomic E-state index is -0.663. The van der Waals surface area contributed by atoms with Gasteiger partial charge in [-0.3, -0.25) is 9.59 Å². The fraction of sp³-hybridized carbons (Fsp3) is 0.333. The van der Waals surface area contributed by atoms with Gasteiger partial charge in [0.25, 0.3) is 5.91 Å². The Hall–Kier alpha value is -2.28. The lowest BCUT2D eigenvalue weighted by Crippen LogP contribution is -2.21. The summed E-state index contributed by atoms with van der Waals surface area (Å²) in [6, 6.07) is 3.57. The van der Waals surface area contributed by atoms with E-state index in [-0.39, 0.29) is 17.0 Å². The summed E-state index contributed by atoms with van der Waals surface area (Å²) in [6.45, 7) is 5.77. The van der Waals surface area contributed by atoms with Crippen molar-refractivity contribution in [3.05, 3.63) is 34.6 Å². The molecular formula is C15H19N3O3S. The monoisotopic (exact) mass is 321 g/mol. The van der Waals surface area contributed by atoms with Crippen molar-refractivity contribution in [1.29, 1.82) is 0 Å². The molecule has 0 radical (unpaired) electrons. The van der Waals surface area contributed by atoms with Crippen LogP contribution >= 0.6 is 11.3 Å². The van der Waals surface area contributed by atoms with Crippen LogP contribution in [-0.4, -0.2) is 11.7 Å². The molecule has 0 saturated carbocycles. The molecule has 0 aliphatic carbocycles. The van der Waals surface area contributed by atoms with Crippen molar-refractivity contribution in [2.75, 3.05) is 11.1 Å². The zero-order chi connectivity index (χ0) is 16.5. The molecule has 0 fully saturated rings. The molecule has 2 aromatic rings. The summed E-state index contributed by atoms with van der Waals surface area (Å²) in [5.74, 6) is -0.0849. The normalized spacial score (nSPS) is 11.4. The van der Waals surface area contributed by atoms with E-state index in [0.29, 0.717) is 22.2 Å². The van der Waals surface area contributed by atoms with Crippen molar-refractivity contribution < 1.29 is 14.0 Å². The van der Waals surface area contributed by atoms with E-state index in [1.165, 1.54) is 0 Å². The van der Waals surface area contributed by atoms with E-state index in [1.807, 2.05) is 0 Å². The molecule has 0 aromatic carbocycles. The van der Waals surface area contributed by atoms with Crippen LogP contribution < -0.4 is 16.8 Å². The number of carbonyl (C=O) groups is 2. The standard InChI is InChI=1S/C15H19N3O3S/c1-15(2,3)12(19)11-10(16)9(13(17)20)14(22-11)18-7-8-5-4-6-21-8/h4-6,18H,7,16H2,1-3H3,(H2,17,20). The molecule has 6 nitrogen and oxygen atoms in total. The van der Waals surface area contributed by atoms with Crippen LogP contribution in [0, 0.1) is 5.41 Å². The van der Waals surface area contributed by atoms with E-state index in [1.54, 1.807) is 39.2 Å². The van der Waals surface area contributed by atoms with Gasteiger partial charge in [0.05, 0.1) is 28.9 Å². The van der Waals surface area contributed by atoms with Gasteiger partial charge in [0.2, 0.25) is 0 Å². The number of hydrogen-bond acceptors (Lipinski definition) is 6. The van der Waals surface area contributed by atoms with Crippen LogP contribution in [0.1, 0.15) is 46.6 Å². The van der Waals surface area contributed by atoms with Crippen LogP contribution in [0.2, 0.25) is 0 Å². The summed E-state index contributed by atoms with van der Waals surface area (Å²) < 4.78 is 5.22. The quantitative estimate of drug-likeness (QED) is 0.733. The van der Waals surface area contributed by atoms with Crippen LogP contribution in [-0.2, 0) is 6.54 Å². The number of thiophene rings is 1. The fourth-order valence-electron chi connectivity index (χ4n) is 1.90. The van der Waals surface area contributed by atoms with Crippen molar-refractivity contribution in [2.24, 2.45) is 11.1 Å². The number of furan rings is 1. The Kier molecular flexibility index (Phi) is 4.27. The van der Waals surface area contributed by atoms with Crippen LogP contribution in [0.3, 0.4) is 0 Å². The first-order valence-corrected chi connectivity index (χ1v) is 7.56. The van der Waals surface area contributed by atoms with Crippen LogP contribution in [0.25, 0.3) is 0 Å². The first-order valence-electron chi connectivity index (χ1n) is 6.75. The highest BCUT2D eigenvalue weighted by Crippen LogP contribution is 2.39. The largest absolute Gasteiger partial charge is 0.467 e. The third-order valence-corrected chi connectivity index (χ3v) is 4.24. The summed E-state index contributed by atoms with van der Waals surface area (Å²) in [5.41, 5.74) is 11.1. The van der Waals surface area contributed by atoms with Crippen LogP contribution in [0.15, 0.2) is 22.8 Å². The minimum absolute atomic E-state index is 0.122. The van der Waals surface area contributed by atoms with Gasteiger partial charge >= 0.3 is 0 Å². The summed E-state index contributed by atoms with van der Waals surface area (Å²) in [5, 5.41) is 3.54. The molecule has 0 saturated heterocycles. The van der Waals surface area contributed by atoms with Gasteiger partial charge in [0.1, 0.15) is 10.8 Å². The molecule has 0 aliphatic rings. The topological polar surface area (TPSA) is 111 Å². The number of nitrogens with one attached hydrogen (secondary N) is 1. The number of anilines is 2. The molecule has 2 heterocycles. The number of carbonyl (C=O) groups excluding carboxylic acids is 2. The third-order valence-electron chi connectivity index (χ3n) is 3.08. The van der Waals surface area contributed by atoms with Crippen molar-refractivity contribution in [2.45, 2.75) is 27.3 Å². The summed E-state index contributed by atoms with van der Waals surface area (Å²) in [6.07, 6.45) is 1.56. The van der Waals surface area contributed by atoms with Gasteiger partial charge in [0.15, 0.2) is 5.78 Å². The lowest BCUT2D eigenvalue weighted by Gasteiger charge is -2.15. The average Bonchev–Trinajstić information content (AvgIpc) is 3.01. The highest BCUT2D eigenvalue weighted by Gasteiger charge is 2.30. The van der Waals surface area contributed by atoms with Gasteiger partial charge in [-0.15, -0.1) is 11.3 Å². The zero-order valence-corrected chi connectivity index (χ0v) is 13.5. The number of Topliss-reactive ketones (excluding diaryl/α,β-unsaturated/α-hetero) is 1. The number of hydrogen-bond donors (Lipinski definition) is 3. The Morgan fingerprint density at radius 3 is 2.55 bits per heavy atom. The van der Waals surface area contributed by atoms with E-state index >= 15 is 0 Å². The second-order valence-corrected chi connectivity index (χ2v) is 6.95. The predicted molar refractivity (Wildman–Crippen MR) is 87.1 cm³/mol. The fourth-order valence-corrected chi connectivity index (χ4v) is 3.17. The third kappa shape index (κ3) is 3.14. The Morgan fingerprint density at radius 2 is 2.05 bits per heavy atom. The molecule has 0 spiro atoms. The summed E-state index contributed by atoms with van der Waals surface area (Å²) in [7, 11) is 0. The average molecular weight is 321 g/mol. The molecule has 5 N–H and O–H groups in total. The highest BCUT2D eigenvalue weighted by atomic mass is 32.1. The van der Waals surface area contributed by atoms with E-state index in [4.69, 9.17) is 15.9 Å². The van der Waals surface area contributed by atoms with E-state index < -0.39 is 11.3 Å². The Balaban J connectivity index is 2.36. The molecular weight excluding hydrogens is 302 g/mol. The number of amides is 1. The second kappa shape index (κ2) is 5.84. The van der Waals surface area contributed by atoms with E-state index in [2.05, 4.69) is 5.32 Å².